The first-order valence-electron chi connectivity index (χ1n) is 14.7. The number of rotatable bonds is 10. The van der Waals surface area contributed by atoms with Crippen molar-refractivity contribution in [2.75, 3.05) is 4.90 Å². The van der Waals surface area contributed by atoms with Gasteiger partial charge >= 0.3 is 0 Å². The predicted molar refractivity (Wildman–Crippen MR) is 164 cm³/mol. The summed E-state index contributed by atoms with van der Waals surface area (Å²) in [5.74, 6) is 0. The van der Waals surface area contributed by atoms with Crippen molar-refractivity contribution in [1.82, 2.24) is 0 Å². The Morgan fingerprint density at radius 1 is 0.816 bits per heavy atom. The largest absolute Gasteiger partial charge is 0.464 e. The van der Waals surface area contributed by atoms with Crippen LogP contribution in [0.4, 0.5) is 11.4 Å². The lowest BCUT2D eigenvalue weighted by molar-refractivity contribution is 0.457. The Labute approximate surface area is 230 Å². The van der Waals surface area contributed by atoms with Gasteiger partial charge in [-0.2, -0.15) is 0 Å². The maximum atomic E-state index is 5.64. The molecule has 0 saturated heterocycles. The molecule has 5 rings (SSSR count). The molecule has 1 aromatic heterocycles. The van der Waals surface area contributed by atoms with Crippen molar-refractivity contribution >= 4 is 22.3 Å². The molecule has 200 valence electrons. The predicted octanol–water partition coefficient (Wildman–Crippen LogP) is 10.9. The highest BCUT2D eigenvalue weighted by Crippen LogP contribution is 2.51. The van der Waals surface area contributed by atoms with Gasteiger partial charge < -0.3 is 9.32 Å². The van der Waals surface area contributed by atoms with E-state index in [1.165, 1.54) is 71.3 Å². The highest BCUT2D eigenvalue weighted by atomic mass is 16.3. The molecule has 38 heavy (non-hydrogen) atoms. The molecule has 1 unspecified atom stereocenters. The minimum absolute atomic E-state index is 0.0373. The third kappa shape index (κ3) is 4.68. The van der Waals surface area contributed by atoms with Crippen molar-refractivity contribution in [1.29, 1.82) is 0 Å². The van der Waals surface area contributed by atoms with Crippen molar-refractivity contribution < 1.29 is 4.42 Å². The lowest BCUT2D eigenvalue weighted by Gasteiger charge is -2.33. The molecule has 0 spiro atoms. The zero-order valence-corrected chi connectivity index (χ0v) is 24.5. The van der Waals surface area contributed by atoms with Crippen molar-refractivity contribution in [3.8, 4) is 11.1 Å². The third-order valence-electron chi connectivity index (χ3n) is 9.00. The summed E-state index contributed by atoms with van der Waals surface area (Å²) in [6.07, 6.45) is 9.13. The van der Waals surface area contributed by atoms with Crippen molar-refractivity contribution in [3.63, 3.8) is 0 Å². The summed E-state index contributed by atoms with van der Waals surface area (Å²) in [7, 11) is 0. The number of furan rings is 1. The highest BCUT2D eigenvalue weighted by molar-refractivity contribution is 5.86. The first-order valence-corrected chi connectivity index (χ1v) is 14.7. The van der Waals surface area contributed by atoms with Gasteiger partial charge in [0.1, 0.15) is 5.58 Å². The summed E-state index contributed by atoms with van der Waals surface area (Å²) in [4.78, 5) is 2.54. The number of nitrogens with zero attached hydrogens (tertiary/aromatic N) is 1. The Balaban J connectivity index is 1.57. The number of anilines is 2. The van der Waals surface area contributed by atoms with Crippen LogP contribution in [0.1, 0.15) is 104 Å². The summed E-state index contributed by atoms with van der Waals surface area (Å²) < 4.78 is 5.64. The second-order valence-corrected chi connectivity index (χ2v) is 12.6. The van der Waals surface area contributed by atoms with Gasteiger partial charge in [-0.1, -0.05) is 91.5 Å². The Morgan fingerprint density at radius 3 is 2.21 bits per heavy atom. The molecule has 1 heterocycles. The fraction of sp³-hybridized carbons (Fsp3) is 0.444. The molecule has 4 aromatic rings. The van der Waals surface area contributed by atoms with Crippen LogP contribution < -0.4 is 4.90 Å². The second kappa shape index (κ2) is 10.3. The molecular weight excluding hydrogens is 462 g/mol. The van der Waals surface area contributed by atoms with Gasteiger partial charge in [0.25, 0.3) is 0 Å². The quantitative estimate of drug-likeness (QED) is 0.212. The van der Waals surface area contributed by atoms with Crippen LogP contribution in [0.2, 0.25) is 0 Å². The Hall–Kier alpha value is -3.00. The minimum Gasteiger partial charge on any atom is -0.464 e. The van der Waals surface area contributed by atoms with Gasteiger partial charge in [0.05, 0.1) is 6.26 Å². The lowest BCUT2D eigenvalue weighted by Crippen LogP contribution is -2.28. The number of hydrogen-bond acceptors (Lipinski definition) is 2. The van der Waals surface area contributed by atoms with Gasteiger partial charge in [0, 0.05) is 28.2 Å². The van der Waals surface area contributed by atoms with E-state index in [9.17, 15) is 0 Å². The van der Waals surface area contributed by atoms with Crippen LogP contribution in [0.5, 0.6) is 0 Å². The maximum Gasteiger partial charge on any atom is 0.133 e. The smallest absolute Gasteiger partial charge is 0.133 e. The van der Waals surface area contributed by atoms with E-state index in [4.69, 9.17) is 4.42 Å². The number of unbranched alkanes of at least 4 members (excludes halogenated alkanes) is 2. The molecule has 0 fully saturated rings. The number of benzene rings is 3. The summed E-state index contributed by atoms with van der Waals surface area (Å²) in [5, 5.41) is 1.15. The number of fused-ring (bicyclic) bond motifs is 4. The zero-order chi connectivity index (χ0) is 27.1. The van der Waals surface area contributed by atoms with E-state index in [1.807, 2.05) is 0 Å². The normalized spacial score (nSPS) is 14.9. The maximum absolute atomic E-state index is 5.64. The van der Waals surface area contributed by atoms with Gasteiger partial charge in [0.15, 0.2) is 0 Å². The van der Waals surface area contributed by atoms with Crippen LogP contribution in [0.25, 0.3) is 22.1 Å². The molecule has 0 saturated carbocycles. The van der Waals surface area contributed by atoms with Gasteiger partial charge in [-0.15, -0.1) is 0 Å². The number of hydrogen-bond donors (Lipinski definition) is 0. The molecule has 1 aliphatic carbocycles. The average Bonchev–Trinajstić information content (AvgIpc) is 3.46. The standard InChI is InChI=1S/C36H45NO/c1-8-10-12-25(3)37(28-15-18-34-26(22-28)19-21-38-34)29-14-17-31-30-16-13-27(35(4,5)20-11-9-2)23-32(30)36(6,7)33(31)24-29/h13-19,21-25H,8-12,20H2,1-7H3. The van der Waals surface area contributed by atoms with Crippen LogP contribution in [-0.4, -0.2) is 6.04 Å². The minimum atomic E-state index is -0.0373. The van der Waals surface area contributed by atoms with Gasteiger partial charge in [-0.25, -0.2) is 0 Å². The van der Waals surface area contributed by atoms with E-state index in [0.717, 1.165) is 17.4 Å². The molecule has 0 aliphatic heterocycles. The second-order valence-electron chi connectivity index (χ2n) is 12.6. The molecule has 1 atom stereocenters. The van der Waals surface area contributed by atoms with Gasteiger partial charge in [-0.3, -0.25) is 0 Å². The fourth-order valence-corrected chi connectivity index (χ4v) is 6.45. The van der Waals surface area contributed by atoms with Crippen LogP contribution in [-0.2, 0) is 10.8 Å². The van der Waals surface area contributed by atoms with Crippen molar-refractivity contribution in [2.24, 2.45) is 0 Å². The van der Waals surface area contributed by atoms with Crippen molar-refractivity contribution in [2.45, 2.75) is 104 Å². The SMILES string of the molecule is CCCCC(C)N(c1ccc2c(c1)C(C)(C)c1cc(C(C)(C)CCCC)ccc1-2)c1ccc2occc2c1. The Bertz CT molecular complexity index is 1420. The summed E-state index contributed by atoms with van der Waals surface area (Å²) >= 11 is 0. The molecule has 0 radical (unpaired) electrons. The van der Waals surface area contributed by atoms with Gasteiger partial charge in [-0.05, 0) is 89.4 Å². The molecule has 3 aromatic carbocycles. The average molecular weight is 508 g/mol. The molecular formula is C36H45NO. The van der Waals surface area contributed by atoms with Gasteiger partial charge in [0.2, 0.25) is 0 Å². The van der Waals surface area contributed by atoms with Crippen LogP contribution in [0, 0.1) is 0 Å². The van der Waals surface area contributed by atoms with Crippen LogP contribution in [0.3, 0.4) is 0 Å². The van der Waals surface area contributed by atoms with Crippen LogP contribution >= 0.6 is 0 Å². The van der Waals surface area contributed by atoms with Crippen molar-refractivity contribution in [3.05, 3.63) is 83.6 Å². The van der Waals surface area contributed by atoms with Crippen LogP contribution in [0.15, 0.2) is 71.3 Å². The Morgan fingerprint density at radius 2 is 1.47 bits per heavy atom. The third-order valence-corrected chi connectivity index (χ3v) is 9.00. The van der Waals surface area contributed by atoms with E-state index in [2.05, 4.69) is 114 Å². The van der Waals surface area contributed by atoms with E-state index in [-0.39, 0.29) is 10.8 Å². The first kappa shape index (κ1) is 26.6. The monoisotopic (exact) mass is 507 g/mol. The topological polar surface area (TPSA) is 16.4 Å². The van der Waals surface area contributed by atoms with E-state index in [0.29, 0.717) is 6.04 Å². The molecule has 2 nitrogen and oxygen atoms in total. The first-order chi connectivity index (χ1) is 18.2. The van der Waals surface area contributed by atoms with E-state index < -0.39 is 0 Å². The zero-order valence-electron chi connectivity index (χ0n) is 24.5. The molecule has 0 N–H and O–H groups in total. The fourth-order valence-electron chi connectivity index (χ4n) is 6.45. The molecule has 2 heteroatoms. The highest BCUT2D eigenvalue weighted by Gasteiger charge is 2.37. The lowest BCUT2D eigenvalue weighted by atomic mass is 9.76. The summed E-state index contributed by atoms with van der Waals surface area (Å²) in [6.45, 7) is 16.6. The summed E-state index contributed by atoms with van der Waals surface area (Å²) in [6, 6.07) is 23.5. The summed E-state index contributed by atoms with van der Waals surface area (Å²) in [5.41, 5.74) is 10.8. The Kier molecular flexibility index (Phi) is 7.20. The van der Waals surface area contributed by atoms with E-state index >= 15 is 0 Å². The van der Waals surface area contributed by atoms with E-state index in [1.54, 1.807) is 6.26 Å². The molecule has 1 aliphatic rings. The molecule has 0 amide bonds. The molecule has 0 bridgehead atoms.